The van der Waals surface area contributed by atoms with Gasteiger partial charge >= 0.3 is 0 Å². The Balaban J connectivity index is 0.00000144. The number of nitrogens with two attached hydrogens (primary N) is 2. The van der Waals surface area contributed by atoms with E-state index in [-0.39, 0.29) is 18.4 Å². The zero-order chi connectivity index (χ0) is 8.97. The molecule has 0 fully saturated rings. The average Bonchev–Trinajstić information content (AvgIpc) is 2.47. The van der Waals surface area contributed by atoms with Crippen LogP contribution < -0.4 is 11.5 Å². The van der Waals surface area contributed by atoms with Crippen molar-refractivity contribution in [1.82, 2.24) is 0 Å². The van der Waals surface area contributed by atoms with Gasteiger partial charge in [-0.2, -0.15) is 0 Å². The van der Waals surface area contributed by atoms with Crippen LogP contribution in [0.1, 0.15) is 23.8 Å². The first-order valence-corrected chi connectivity index (χ1v) is 5.20. The lowest BCUT2D eigenvalue weighted by Crippen LogP contribution is -2.11. The summed E-state index contributed by atoms with van der Waals surface area (Å²) in [7, 11) is 0. The van der Waals surface area contributed by atoms with Crippen molar-refractivity contribution < 1.29 is 0 Å². The molecule has 0 unspecified atom stereocenters. The molecule has 0 amide bonds. The second kappa shape index (κ2) is 6.62. The molecular weight excluding hydrogens is 227 g/mol. The molecule has 0 aliphatic heterocycles. The van der Waals surface area contributed by atoms with Crippen molar-refractivity contribution in [1.29, 1.82) is 0 Å². The zero-order valence-electron chi connectivity index (χ0n) is 7.20. The third-order valence-corrected chi connectivity index (χ3v) is 3.19. The lowest BCUT2D eigenvalue weighted by atomic mass is 10.1. The molecule has 1 aromatic heterocycles. The molecule has 0 aromatic carbocycles. The van der Waals surface area contributed by atoms with Crippen LogP contribution >= 0.6 is 35.3 Å². The standard InChI is InChI=1S/C8H13ClN2S.ClH/c9-6-3-5-12-8(6)7(11)2-1-4-10;/h3,5,7H,1-2,4,10-11H2;1H/t7-;/m0./s1. The number of rotatable bonds is 4. The van der Waals surface area contributed by atoms with Crippen LogP contribution in [0.5, 0.6) is 0 Å². The van der Waals surface area contributed by atoms with E-state index in [0.717, 1.165) is 22.7 Å². The minimum atomic E-state index is 0. The second-order valence-electron chi connectivity index (χ2n) is 2.67. The van der Waals surface area contributed by atoms with Crippen LogP contribution in [-0.4, -0.2) is 6.54 Å². The van der Waals surface area contributed by atoms with E-state index in [2.05, 4.69) is 0 Å². The summed E-state index contributed by atoms with van der Waals surface area (Å²) in [4.78, 5) is 1.07. The minimum Gasteiger partial charge on any atom is -0.330 e. The highest BCUT2D eigenvalue weighted by Gasteiger charge is 2.10. The van der Waals surface area contributed by atoms with E-state index in [4.69, 9.17) is 23.1 Å². The summed E-state index contributed by atoms with van der Waals surface area (Å²) < 4.78 is 0. The first kappa shape index (κ1) is 13.2. The highest BCUT2D eigenvalue weighted by Crippen LogP contribution is 2.29. The number of halogens is 2. The van der Waals surface area contributed by atoms with E-state index in [0.29, 0.717) is 6.54 Å². The largest absolute Gasteiger partial charge is 0.330 e. The number of hydrogen-bond acceptors (Lipinski definition) is 3. The van der Waals surface area contributed by atoms with Gasteiger partial charge < -0.3 is 11.5 Å². The molecule has 4 N–H and O–H groups in total. The van der Waals surface area contributed by atoms with Crippen molar-refractivity contribution in [3.8, 4) is 0 Å². The Kier molecular flexibility index (Phi) is 6.73. The third-order valence-electron chi connectivity index (χ3n) is 1.70. The lowest BCUT2D eigenvalue weighted by molar-refractivity contribution is 0.626. The second-order valence-corrected chi connectivity index (χ2v) is 4.03. The smallest absolute Gasteiger partial charge is 0.0561 e. The number of thiophene rings is 1. The fourth-order valence-corrected chi connectivity index (χ4v) is 2.27. The Morgan fingerprint density at radius 1 is 1.54 bits per heavy atom. The fourth-order valence-electron chi connectivity index (χ4n) is 1.04. The summed E-state index contributed by atoms with van der Waals surface area (Å²) in [6, 6.07) is 1.94. The van der Waals surface area contributed by atoms with E-state index in [1.54, 1.807) is 11.3 Å². The first-order chi connectivity index (χ1) is 5.75. The molecule has 0 spiro atoms. The van der Waals surface area contributed by atoms with Crippen LogP contribution in [-0.2, 0) is 0 Å². The summed E-state index contributed by atoms with van der Waals surface area (Å²) in [5.74, 6) is 0. The topological polar surface area (TPSA) is 52.0 Å². The molecule has 0 aliphatic rings. The van der Waals surface area contributed by atoms with Gasteiger partial charge in [-0.25, -0.2) is 0 Å². The summed E-state index contributed by atoms with van der Waals surface area (Å²) in [6.45, 7) is 0.691. The van der Waals surface area contributed by atoms with Crippen LogP contribution in [0.25, 0.3) is 0 Å². The van der Waals surface area contributed by atoms with Gasteiger partial charge in [0.25, 0.3) is 0 Å². The quantitative estimate of drug-likeness (QED) is 0.851. The summed E-state index contributed by atoms with van der Waals surface area (Å²) in [5, 5.41) is 2.74. The Bertz CT molecular complexity index is 240. The van der Waals surface area contributed by atoms with E-state index >= 15 is 0 Å². The molecule has 0 aliphatic carbocycles. The van der Waals surface area contributed by atoms with Gasteiger partial charge in [-0.05, 0) is 30.8 Å². The molecule has 0 radical (unpaired) electrons. The number of hydrogen-bond donors (Lipinski definition) is 2. The van der Waals surface area contributed by atoms with Gasteiger partial charge in [-0.1, -0.05) is 11.6 Å². The van der Waals surface area contributed by atoms with E-state index < -0.39 is 0 Å². The average molecular weight is 241 g/mol. The van der Waals surface area contributed by atoms with Crippen LogP contribution in [0.2, 0.25) is 5.02 Å². The maximum absolute atomic E-state index is 5.91. The van der Waals surface area contributed by atoms with Crippen LogP contribution in [0.3, 0.4) is 0 Å². The van der Waals surface area contributed by atoms with E-state index in [1.165, 1.54) is 0 Å². The molecule has 0 bridgehead atoms. The van der Waals surface area contributed by atoms with Crippen LogP contribution in [0.15, 0.2) is 11.4 Å². The van der Waals surface area contributed by atoms with E-state index in [1.807, 2.05) is 11.4 Å². The molecule has 1 rings (SSSR count). The Morgan fingerprint density at radius 2 is 2.23 bits per heavy atom. The lowest BCUT2D eigenvalue weighted by Gasteiger charge is -2.08. The fraction of sp³-hybridized carbons (Fsp3) is 0.500. The third kappa shape index (κ3) is 3.83. The molecule has 0 saturated carbocycles. The van der Waals surface area contributed by atoms with Gasteiger partial charge in [0.1, 0.15) is 0 Å². The van der Waals surface area contributed by atoms with Gasteiger partial charge in [-0.15, -0.1) is 23.7 Å². The summed E-state index contributed by atoms with van der Waals surface area (Å²) >= 11 is 7.52. The van der Waals surface area contributed by atoms with Crippen molar-refractivity contribution in [2.75, 3.05) is 6.54 Å². The zero-order valence-corrected chi connectivity index (χ0v) is 9.59. The minimum absolute atomic E-state index is 0. The maximum Gasteiger partial charge on any atom is 0.0561 e. The van der Waals surface area contributed by atoms with E-state index in [9.17, 15) is 0 Å². The molecule has 1 aromatic rings. The monoisotopic (exact) mass is 240 g/mol. The predicted molar refractivity (Wildman–Crippen MR) is 61.8 cm³/mol. The van der Waals surface area contributed by atoms with Gasteiger partial charge in [0, 0.05) is 10.9 Å². The molecule has 5 heteroatoms. The molecule has 13 heavy (non-hydrogen) atoms. The normalized spacial score (nSPS) is 12.2. The van der Waals surface area contributed by atoms with Crippen LogP contribution in [0, 0.1) is 0 Å². The van der Waals surface area contributed by atoms with Crippen molar-refractivity contribution >= 4 is 35.3 Å². The van der Waals surface area contributed by atoms with Gasteiger partial charge in [0.15, 0.2) is 0 Å². The predicted octanol–water partition coefficient (Wildman–Crippen LogP) is 2.56. The van der Waals surface area contributed by atoms with Crippen molar-refractivity contribution in [2.45, 2.75) is 18.9 Å². The summed E-state index contributed by atoms with van der Waals surface area (Å²) in [5.41, 5.74) is 11.3. The Labute approximate surface area is 93.7 Å². The molecule has 0 saturated heterocycles. The van der Waals surface area contributed by atoms with Crippen molar-refractivity contribution in [2.24, 2.45) is 11.5 Å². The van der Waals surface area contributed by atoms with Gasteiger partial charge in [0.05, 0.1) is 5.02 Å². The maximum atomic E-state index is 5.91. The van der Waals surface area contributed by atoms with Crippen molar-refractivity contribution in [3.05, 3.63) is 21.3 Å². The SMILES string of the molecule is Cl.NCCC[C@H](N)c1sccc1Cl. The molecule has 2 nitrogen and oxygen atoms in total. The highest BCUT2D eigenvalue weighted by molar-refractivity contribution is 7.10. The summed E-state index contributed by atoms with van der Waals surface area (Å²) in [6.07, 6.45) is 1.87. The molecule has 1 heterocycles. The Morgan fingerprint density at radius 3 is 2.69 bits per heavy atom. The first-order valence-electron chi connectivity index (χ1n) is 3.94. The van der Waals surface area contributed by atoms with Crippen LogP contribution in [0.4, 0.5) is 0 Å². The van der Waals surface area contributed by atoms with Gasteiger partial charge in [-0.3, -0.25) is 0 Å². The molecular formula is C8H14Cl2N2S. The highest BCUT2D eigenvalue weighted by atomic mass is 35.5. The molecule has 76 valence electrons. The molecule has 1 atom stereocenters. The Hall–Kier alpha value is 0.200. The van der Waals surface area contributed by atoms with Crippen molar-refractivity contribution in [3.63, 3.8) is 0 Å². The van der Waals surface area contributed by atoms with Gasteiger partial charge in [0.2, 0.25) is 0 Å².